The summed E-state index contributed by atoms with van der Waals surface area (Å²) in [5, 5.41) is 0. The molecule has 0 bridgehead atoms. The van der Waals surface area contributed by atoms with Crippen molar-refractivity contribution in [2.24, 2.45) is 5.73 Å². The number of halogens is 1. The van der Waals surface area contributed by atoms with Crippen LogP contribution in [0.1, 0.15) is 25.8 Å². The second-order valence-corrected chi connectivity index (χ2v) is 5.36. The minimum absolute atomic E-state index is 0.0526. The van der Waals surface area contributed by atoms with Gasteiger partial charge in [0.2, 0.25) is 0 Å². The quantitative estimate of drug-likeness (QED) is 0.851. The molecule has 0 aromatic heterocycles. The number of benzene rings is 1. The van der Waals surface area contributed by atoms with Gasteiger partial charge in [-0.2, -0.15) is 0 Å². The largest absolute Gasteiger partial charge is 0.326 e. The summed E-state index contributed by atoms with van der Waals surface area (Å²) in [6, 6.07) is 8.62. The first-order chi connectivity index (χ1) is 5.97. The summed E-state index contributed by atoms with van der Waals surface area (Å²) in [7, 11) is 0. The van der Waals surface area contributed by atoms with Gasteiger partial charge in [0.15, 0.2) is 0 Å². The van der Waals surface area contributed by atoms with Crippen molar-refractivity contribution in [3.8, 4) is 0 Å². The molecule has 1 rings (SSSR count). The molecule has 2 heteroatoms. The first kappa shape index (κ1) is 11.0. The fraction of sp³-hybridized carbons (Fsp3) is 0.455. The van der Waals surface area contributed by atoms with Gasteiger partial charge in [-0.15, -0.1) is 0 Å². The third kappa shape index (κ3) is 4.62. The van der Waals surface area contributed by atoms with E-state index in [-0.39, 0.29) is 5.54 Å². The predicted molar refractivity (Wildman–Crippen MR) is 65.7 cm³/mol. The molecular weight excluding hydrogens is 273 g/mol. The molecule has 2 N–H and O–H groups in total. The Balaban J connectivity index is 2.51. The monoisotopic (exact) mass is 289 g/mol. The van der Waals surface area contributed by atoms with Gasteiger partial charge in [-0.05, 0) is 67.0 Å². The van der Waals surface area contributed by atoms with Crippen molar-refractivity contribution in [3.05, 3.63) is 33.4 Å². The average molecular weight is 289 g/mol. The first-order valence-electron chi connectivity index (χ1n) is 4.51. The van der Waals surface area contributed by atoms with Crippen molar-refractivity contribution in [2.45, 2.75) is 32.2 Å². The van der Waals surface area contributed by atoms with Crippen LogP contribution in [-0.2, 0) is 6.42 Å². The lowest BCUT2D eigenvalue weighted by Crippen LogP contribution is -2.32. The van der Waals surface area contributed by atoms with Crippen molar-refractivity contribution >= 4 is 22.6 Å². The normalized spacial score (nSPS) is 11.7. The van der Waals surface area contributed by atoms with Crippen LogP contribution in [0.2, 0.25) is 0 Å². The summed E-state index contributed by atoms with van der Waals surface area (Å²) in [5.74, 6) is 0. The van der Waals surface area contributed by atoms with E-state index in [2.05, 4.69) is 60.7 Å². The van der Waals surface area contributed by atoms with Crippen LogP contribution in [0.3, 0.4) is 0 Å². The molecule has 0 heterocycles. The van der Waals surface area contributed by atoms with Crippen LogP contribution in [0.25, 0.3) is 0 Å². The number of hydrogen-bond acceptors (Lipinski definition) is 1. The predicted octanol–water partition coefficient (Wildman–Crippen LogP) is 2.96. The minimum atomic E-state index is -0.0526. The molecule has 1 nitrogen and oxygen atoms in total. The Kier molecular flexibility index (Phi) is 3.74. The van der Waals surface area contributed by atoms with Gasteiger partial charge in [0.05, 0.1) is 0 Å². The van der Waals surface area contributed by atoms with Crippen LogP contribution in [0, 0.1) is 3.57 Å². The van der Waals surface area contributed by atoms with E-state index in [1.807, 2.05) is 0 Å². The Bertz CT molecular complexity index is 258. The van der Waals surface area contributed by atoms with Gasteiger partial charge >= 0.3 is 0 Å². The molecular formula is C11H16IN. The van der Waals surface area contributed by atoms with Crippen molar-refractivity contribution in [1.29, 1.82) is 0 Å². The highest BCUT2D eigenvalue weighted by Gasteiger charge is 2.09. The van der Waals surface area contributed by atoms with E-state index in [1.54, 1.807) is 0 Å². The molecule has 0 unspecified atom stereocenters. The standard InChI is InChI=1S/C11H16IN/c1-11(2,13)8-7-9-3-5-10(12)6-4-9/h3-6H,7-8,13H2,1-2H3. The Morgan fingerprint density at radius 2 is 1.77 bits per heavy atom. The molecule has 0 saturated carbocycles. The van der Waals surface area contributed by atoms with Crippen LogP contribution in [0.5, 0.6) is 0 Å². The second-order valence-electron chi connectivity index (χ2n) is 4.12. The molecule has 0 aliphatic carbocycles. The fourth-order valence-corrected chi connectivity index (χ4v) is 1.48. The molecule has 0 amide bonds. The first-order valence-corrected chi connectivity index (χ1v) is 5.58. The van der Waals surface area contributed by atoms with Crippen molar-refractivity contribution in [1.82, 2.24) is 0 Å². The number of aryl methyl sites for hydroxylation is 1. The van der Waals surface area contributed by atoms with Gasteiger partial charge in [-0.3, -0.25) is 0 Å². The highest BCUT2D eigenvalue weighted by molar-refractivity contribution is 14.1. The minimum Gasteiger partial charge on any atom is -0.326 e. The van der Waals surface area contributed by atoms with E-state index in [9.17, 15) is 0 Å². The van der Waals surface area contributed by atoms with Gasteiger partial charge in [0.1, 0.15) is 0 Å². The zero-order valence-corrected chi connectivity index (χ0v) is 10.3. The van der Waals surface area contributed by atoms with Gasteiger partial charge in [-0.1, -0.05) is 12.1 Å². The Morgan fingerprint density at radius 1 is 1.23 bits per heavy atom. The summed E-state index contributed by atoms with van der Waals surface area (Å²) < 4.78 is 1.29. The maximum Gasteiger partial charge on any atom is 0.0130 e. The summed E-state index contributed by atoms with van der Waals surface area (Å²) >= 11 is 2.32. The summed E-state index contributed by atoms with van der Waals surface area (Å²) in [6.45, 7) is 4.14. The maximum absolute atomic E-state index is 5.91. The van der Waals surface area contributed by atoms with E-state index in [1.165, 1.54) is 9.13 Å². The summed E-state index contributed by atoms with van der Waals surface area (Å²) in [6.07, 6.45) is 2.11. The lowest BCUT2D eigenvalue weighted by Gasteiger charge is -2.17. The molecule has 0 radical (unpaired) electrons. The van der Waals surface area contributed by atoms with E-state index < -0.39 is 0 Å². The van der Waals surface area contributed by atoms with Crippen LogP contribution in [0.4, 0.5) is 0 Å². The Hall–Kier alpha value is -0.0900. The van der Waals surface area contributed by atoms with Crippen LogP contribution in [0.15, 0.2) is 24.3 Å². The van der Waals surface area contributed by atoms with Crippen molar-refractivity contribution < 1.29 is 0 Å². The van der Waals surface area contributed by atoms with Crippen LogP contribution >= 0.6 is 22.6 Å². The van der Waals surface area contributed by atoms with Gasteiger partial charge in [0.25, 0.3) is 0 Å². The average Bonchev–Trinajstić information content (AvgIpc) is 2.02. The van der Waals surface area contributed by atoms with Gasteiger partial charge in [0, 0.05) is 9.11 Å². The molecule has 72 valence electrons. The Morgan fingerprint density at radius 3 is 2.23 bits per heavy atom. The smallest absolute Gasteiger partial charge is 0.0130 e. The molecule has 0 aliphatic rings. The van der Waals surface area contributed by atoms with E-state index in [0.717, 1.165) is 12.8 Å². The highest BCUT2D eigenvalue weighted by Crippen LogP contribution is 2.12. The molecule has 0 fully saturated rings. The van der Waals surface area contributed by atoms with Gasteiger partial charge in [-0.25, -0.2) is 0 Å². The van der Waals surface area contributed by atoms with Crippen molar-refractivity contribution in [3.63, 3.8) is 0 Å². The molecule has 0 aliphatic heterocycles. The lowest BCUT2D eigenvalue weighted by molar-refractivity contribution is 0.477. The molecule has 13 heavy (non-hydrogen) atoms. The molecule has 0 spiro atoms. The number of hydrogen-bond donors (Lipinski definition) is 1. The van der Waals surface area contributed by atoms with Gasteiger partial charge < -0.3 is 5.73 Å². The Labute approximate surface area is 93.9 Å². The van der Waals surface area contributed by atoms with Crippen LogP contribution in [-0.4, -0.2) is 5.54 Å². The third-order valence-corrected chi connectivity index (χ3v) is 2.69. The van der Waals surface area contributed by atoms with Crippen molar-refractivity contribution in [2.75, 3.05) is 0 Å². The number of rotatable bonds is 3. The lowest BCUT2D eigenvalue weighted by atomic mass is 9.97. The maximum atomic E-state index is 5.91. The van der Waals surface area contributed by atoms with E-state index >= 15 is 0 Å². The third-order valence-electron chi connectivity index (χ3n) is 1.97. The zero-order valence-electron chi connectivity index (χ0n) is 8.18. The SMILES string of the molecule is CC(C)(N)CCc1ccc(I)cc1. The molecule has 1 aromatic carbocycles. The molecule has 0 atom stereocenters. The fourth-order valence-electron chi connectivity index (χ4n) is 1.12. The molecule has 0 saturated heterocycles. The van der Waals surface area contributed by atoms with E-state index in [0.29, 0.717) is 0 Å². The summed E-state index contributed by atoms with van der Waals surface area (Å²) in [5.41, 5.74) is 7.23. The topological polar surface area (TPSA) is 26.0 Å². The zero-order chi connectivity index (χ0) is 9.90. The van der Waals surface area contributed by atoms with E-state index in [4.69, 9.17) is 5.73 Å². The second kappa shape index (κ2) is 4.42. The molecule has 1 aromatic rings. The van der Waals surface area contributed by atoms with Crippen LogP contribution < -0.4 is 5.73 Å². The number of nitrogens with two attached hydrogens (primary N) is 1. The summed E-state index contributed by atoms with van der Waals surface area (Å²) in [4.78, 5) is 0. The highest BCUT2D eigenvalue weighted by atomic mass is 127.